The summed E-state index contributed by atoms with van der Waals surface area (Å²) >= 11 is 0. The van der Waals surface area contributed by atoms with Gasteiger partial charge in [0.2, 0.25) is 5.91 Å². The highest BCUT2D eigenvalue weighted by molar-refractivity contribution is 5.92. The molecule has 9 heteroatoms. The van der Waals surface area contributed by atoms with Crippen molar-refractivity contribution in [2.24, 2.45) is 5.73 Å². The Hall–Kier alpha value is -2.65. The van der Waals surface area contributed by atoms with Gasteiger partial charge >= 0.3 is 0 Å². The fourth-order valence-corrected chi connectivity index (χ4v) is 1.74. The number of hydrogen-bond donors (Lipinski definition) is 5. The Bertz CT molecular complexity index is 666. The maximum Gasteiger partial charge on any atom is 0.262 e. The number of imidazole rings is 1. The molecule has 0 aliphatic carbocycles. The van der Waals surface area contributed by atoms with Gasteiger partial charge in [-0.1, -0.05) is 0 Å². The molecule has 2 aromatic rings. The minimum atomic E-state index is -0.649. The smallest absolute Gasteiger partial charge is 0.262 e. The normalized spacial score (nSPS) is 10.5. The summed E-state index contributed by atoms with van der Waals surface area (Å²) in [4.78, 5) is 26.3. The summed E-state index contributed by atoms with van der Waals surface area (Å²) in [5.74, 6) is -0.972. The zero-order chi connectivity index (χ0) is 14.7. The van der Waals surface area contributed by atoms with Crippen molar-refractivity contribution in [3.8, 4) is 0 Å². The number of nitrogens with one attached hydrogen (secondary N) is 2. The van der Waals surface area contributed by atoms with Gasteiger partial charge in [-0.15, -0.1) is 0 Å². The molecule has 0 saturated carbocycles. The number of anilines is 1. The summed E-state index contributed by atoms with van der Waals surface area (Å²) in [6, 6.07) is 3.08. The summed E-state index contributed by atoms with van der Waals surface area (Å²) in [6.07, 6.45) is 1.45. The number of hydroxylamine groups is 1. The first kappa shape index (κ1) is 13.8. The van der Waals surface area contributed by atoms with Crippen LogP contribution in [0.4, 0.5) is 5.82 Å². The molecule has 106 valence electrons. The molecule has 0 fully saturated rings. The standard InChI is InChI=1S/C11H13N5O4/c12-10(19)6-1-2-8-14-11(13-3-9(18)15-20)7(5-17)16(8)4-6/h1-2,4,13,17,20H,3,5H2,(H2,12,19)(H,15,18). The number of nitrogens with two attached hydrogens (primary N) is 1. The van der Waals surface area contributed by atoms with E-state index in [1.165, 1.54) is 22.1 Å². The number of fused-ring (bicyclic) bond motifs is 1. The highest BCUT2D eigenvalue weighted by Gasteiger charge is 2.13. The maximum atomic E-state index is 11.1. The Morgan fingerprint density at radius 1 is 1.40 bits per heavy atom. The van der Waals surface area contributed by atoms with Gasteiger partial charge < -0.3 is 16.2 Å². The number of nitrogens with zero attached hydrogens (tertiary/aromatic N) is 2. The third kappa shape index (κ3) is 2.53. The van der Waals surface area contributed by atoms with Gasteiger partial charge in [-0.25, -0.2) is 10.5 Å². The lowest BCUT2D eigenvalue weighted by Crippen LogP contribution is -2.27. The maximum absolute atomic E-state index is 11.1. The molecule has 6 N–H and O–H groups in total. The van der Waals surface area contributed by atoms with Gasteiger partial charge in [0.25, 0.3) is 5.91 Å². The van der Waals surface area contributed by atoms with Gasteiger partial charge in [-0.3, -0.25) is 19.2 Å². The van der Waals surface area contributed by atoms with Crippen LogP contribution in [0.15, 0.2) is 18.3 Å². The van der Waals surface area contributed by atoms with Crippen molar-refractivity contribution in [1.29, 1.82) is 0 Å². The highest BCUT2D eigenvalue weighted by Crippen LogP contribution is 2.18. The predicted octanol–water partition coefficient (Wildman–Crippen LogP) is -1.16. The van der Waals surface area contributed by atoms with E-state index in [-0.39, 0.29) is 24.5 Å². The lowest BCUT2D eigenvalue weighted by Gasteiger charge is -2.04. The van der Waals surface area contributed by atoms with E-state index in [0.29, 0.717) is 11.3 Å². The van der Waals surface area contributed by atoms with Crippen LogP contribution < -0.4 is 16.5 Å². The Morgan fingerprint density at radius 3 is 2.75 bits per heavy atom. The molecule has 2 aromatic heterocycles. The van der Waals surface area contributed by atoms with E-state index in [0.717, 1.165) is 0 Å². The van der Waals surface area contributed by atoms with Gasteiger partial charge in [0.1, 0.15) is 5.65 Å². The summed E-state index contributed by atoms with van der Waals surface area (Å²) < 4.78 is 1.50. The van der Waals surface area contributed by atoms with E-state index >= 15 is 0 Å². The Balaban J connectivity index is 2.40. The second-order valence-electron chi connectivity index (χ2n) is 3.96. The van der Waals surface area contributed by atoms with Crippen molar-refractivity contribution < 1.29 is 19.9 Å². The number of carbonyl (C=O) groups excluding carboxylic acids is 2. The van der Waals surface area contributed by atoms with E-state index in [1.54, 1.807) is 6.07 Å². The molecule has 0 spiro atoms. The Morgan fingerprint density at radius 2 is 2.15 bits per heavy atom. The molecular weight excluding hydrogens is 266 g/mol. The first-order chi connectivity index (χ1) is 9.56. The lowest BCUT2D eigenvalue weighted by molar-refractivity contribution is -0.127. The number of aliphatic hydroxyl groups is 1. The second kappa shape index (κ2) is 5.55. The van der Waals surface area contributed by atoms with Crippen LogP contribution in [0.25, 0.3) is 5.65 Å². The molecule has 0 aliphatic rings. The van der Waals surface area contributed by atoms with Gasteiger partial charge in [0, 0.05) is 6.20 Å². The number of aliphatic hydroxyl groups excluding tert-OH is 1. The third-order valence-electron chi connectivity index (χ3n) is 2.69. The molecule has 0 radical (unpaired) electrons. The van der Waals surface area contributed by atoms with Crippen molar-refractivity contribution in [3.63, 3.8) is 0 Å². The van der Waals surface area contributed by atoms with Crippen LogP contribution >= 0.6 is 0 Å². The molecule has 2 rings (SSSR count). The number of amides is 2. The summed E-state index contributed by atoms with van der Waals surface area (Å²) in [7, 11) is 0. The van der Waals surface area contributed by atoms with Crippen molar-refractivity contribution in [1.82, 2.24) is 14.9 Å². The molecule has 0 aliphatic heterocycles. The fraction of sp³-hybridized carbons (Fsp3) is 0.182. The molecule has 0 unspecified atom stereocenters. The molecule has 2 amide bonds. The zero-order valence-corrected chi connectivity index (χ0v) is 10.3. The third-order valence-corrected chi connectivity index (χ3v) is 2.69. The summed E-state index contributed by atoms with van der Waals surface area (Å²) in [5, 5.41) is 20.5. The lowest BCUT2D eigenvalue weighted by atomic mass is 10.3. The van der Waals surface area contributed by atoms with Crippen LogP contribution in [-0.2, 0) is 11.4 Å². The largest absolute Gasteiger partial charge is 0.390 e. The van der Waals surface area contributed by atoms with E-state index in [4.69, 9.17) is 10.9 Å². The van der Waals surface area contributed by atoms with Crippen LogP contribution in [-0.4, -0.2) is 38.1 Å². The highest BCUT2D eigenvalue weighted by atomic mass is 16.5. The van der Waals surface area contributed by atoms with Gasteiger partial charge in [-0.2, -0.15) is 0 Å². The predicted molar refractivity (Wildman–Crippen MR) is 68.1 cm³/mol. The number of carbonyl (C=O) groups is 2. The van der Waals surface area contributed by atoms with Crippen molar-refractivity contribution in [3.05, 3.63) is 29.6 Å². The minimum absolute atomic E-state index is 0.212. The molecule has 0 aromatic carbocycles. The number of rotatable bonds is 5. The van der Waals surface area contributed by atoms with Crippen LogP contribution in [0.2, 0.25) is 0 Å². The number of hydrogen-bond acceptors (Lipinski definition) is 6. The minimum Gasteiger partial charge on any atom is -0.390 e. The second-order valence-corrected chi connectivity index (χ2v) is 3.96. The Kier molecular flexibility index (Phi) is 3.82. The van der Waals surface area contributed by atoms with Crippen LogP contribution in [0.3, 0.4) is 0 Å². The molecule has 9 nitrogen and oxygen atoms in total. The van der Waals surface area contributed by atoms with Crippen LogP contribution in [0, 0.1) is 0 Å². The first-order valence-electron chi connectivity index (χ1n) is 5.65. The number of primary amides is 1. The van der Waals surface area contributed by atoms with Crippen molar-refractivity contribution >= 4 is 23.3 Å². The Labute approximate surface area is 113 Å². The van der Waals surface area contributed by atoms with E-state index in [9.17, 15) is 14.7 Å². The van der Waals surface area contributed by atoms with Gasteiger partial charge in [-0.05, 0) is 12.1 Å². The van der Waals surface area contributed by atoms with E-state index < -0.39 is 11.8 Å². The summed E-state index contributed by atoms with van der Waals surface area (Å²) in [5.41, 5.74) is 7.77. The molecule has 2 heterocycles. The zero-order valence-electron chi connectivity index (χ0n) is 10.3. The van der Waals surface area contributed by atoms with Crippen molar-refractivity contribution in [2.75, 3.05) is 11.9 Å². The molecule has 0 bridgehead atoms. The molecular formula is C11H13N5O4. The number of pyridine rings is 1. The van der Waals surface area contributed by atoms with Crippen molar-refractivity contribution in [2.45, 2.75) is 6.61 Å². The SMILES string of the molecule is NC(=O)c1ccc2nc(NCC(=O)NO)c(CO)n2c1. The molecule has 0 saturated heterocycles. The quantitative estimate of drug-likeness (QED) is 0.345. The van der Waals surface area contributed by atoms with Gasteiger partial charge in [0.05, 0.1) is 24.4 Å². The topological polar surface area (TPSA) is 142 Å². The molecule has 0 atom stereocenters. The molecule has 20 heavy (non-hydrogen) atoms. The van der Waals surface area contributed by atoms with E-state index in [1.807, 2.05) is 0 Å². The number of aromatic nitrogens is 2. The summed E-state index contributed by atoms with van der Waals surface area (Å²) in [6.45, 7) is -0.567. The van der Waals surface area contributed by atoms with E-state index in [2.05, 4.69) is 10.3 Å². The van der Waals surface area contributed by atoms with Gasteiger partial charge in [0.15, 0.2) is 5.82 Å². The first-order valence-corrected chi connectivity index (χ1v) is 5.65. The monoisotopic (exact) mass is 279 g/mol. The fourth-order valence-electron chi connectivity index (χ4n) is 1.74. The average Bonchev–Trinajstić information content (AvgIpc) is 2.80. The average molecular weight is 279 g/mol. The van der Waals surface area contributed by atoms with Crippen LogP contribution in [0.1, 0.15) is 16.1 Å². The van der Waals surface area contributed by atoms with Crippen LogP contribution in [0.5, 0.6) is 0 Å².